The summed E-state index contributed by atoms with van der Waals surface area (Å²) in [5, 5.41) is 12.6. The van der Waals surface area contributed by atoms with Gasteiger partial charge >= 0.3 is 0 Å². The predicted molar refractivity (Wildman–Crippen MR) is 90.6 cm³/mol. The van der Waals surface area contributed by atoms with E-state index in [9.17, 15) is 4.79 Å². The van der Waals surface area contributed by atoms with Gasteiger partial charge in [0.1, 0.15) is 0 Å². The van der Waals surface area contributed by atoms with E-state index in [1.54, 1.807) is 30.3 Å². The maximum atomic E-state index is 11.9. The van der Waals surface area contributed by atoms with Crippen molar-refractivity contribution in [1.82, 2.24) is 4.98 Å². The number of amides is 1. The van der Waals surface area contributed by atoms with Crippen LogP contribution in [0.3, 0.4) is 0 Å². The Bertz CT molecular complexity index is 938. The van der Waals surface area contributed by atoms with Crippen LogP contribution >= 0.6 is 0 Å². The summed E-state index contributed by atoms with van der Waals surface area (Å²) in [5.41, 5.74) is 2.69. The van der Waals surface area contributed by atoms with Gasteiger partial charge in [-0.3, -0.25) is 4.79 Å². The molecule has 0 spiro atoms. The fraction of sp³-hybridized carbons (Fsp3) is 0. The quantitative estimate of drug-likeness (QED) is 0.749. The minimum Gasteiger partial charge on any atom is -0.322 e. The molecule has 3 aromatic rings. The fourth-order valence-electron chi connectivity index (χ4n) is 2.19. The summed E-state index contributed by atoms with van der Waals surface area (Å²) in [6, 6.07) is 20.5. The highest BCUT2D eigenvalue weighted by Gasteiger charge is 2.00. The van der Waals surface area contributed by atoms with E-state index in [-0.39, 0.29) is 5.91 Å². The topological polar surface area (TPSA) is 65.8 Å². The van der Waals surface area contributed by atoms with Gasteiger partial charge in [0.25, 0.3) is 0 Å². The number of anilines is 1. The van der Waals surface area contributed by atoms with E-state index in [4.69, 9.17) is 5.26 Å². The zero-order valence-electron chi connectivity index (χ0n) is 12.2. The van der Waals surface area contributed by atoms with Gasteiger partial charge in [-0.05, 0) is 36.4 Å². The lowest BCUT2D eigenvalue weighted by molar-refractivity contribution is -0.111. The van der Waals surface area contributed by atoms with Crippen LogP contribution in [-0.2, 0) is 4.79 Å². The first kappa shape index (κ1) is 14.5. The van der Waals surface area contributed by atoms with Crippen molar-refractivity contribution in [1.29, 1.82) is 5.26 Å². The molecular weight excluding hydrogens is 286 g/mol. The average Bonchev–Trinajstić information content (AvgIpc) is 2.60. The van der Waals surface area contributed by atoms with E-state index in [1.807, 2.05) is 42.5 Å². The Kier molecular flexibility index (Phi) is 4.12. The Hall–Kier alpha value is -3.45. The molecule has 23 heavy (non-hydrogen) atoms. The first-order valence-corrected chi connectivity index (χ1v) is 7.10. The molecule has 0 fully saturated rings. The van der Waals surface area contributed by atoms with Gasteiger partial charge in [0.05, 0.1) is 22.8 Å². The number of hydrogen-bond acceptors (Lipinski definition) is 3. The van der Waals surface area contributed by atoms with Gasteiger partial charge in [0.2, 0.25) is 5.91 Å². The Balaban J connectivity index is 1.73. The van der Waals surface area contributed by atoms with Crippen LogP contribution in [0, 0.1) is 11.3 Å². The van der Waals surface area contributed by atoms with E-state index in [0.29, 0.717) is 16.9 Å². The molecule has 3 rings (SSSR count). The number of nitriles is 1. The second-order valence-corrected chi connectivity index (χ2v) is 4.94. The molecule has 4 nitrogen and oxygen atoms in total. The molecule has 0 radical (unpaired) electrons. The number of hydrogen-bond donors (Lipinski definition) is 1. The van der Waals surface area contributed by atoms with Crippen LogP contribution < -0.4 is 5.32 Å². The van der Waals surface area contributed by atoms with E-state index < -0.39 is 0 Å². The summed E-state index contributed by atoms with van der Waals surface area (Å²) in [4.78, 5) is 16.4. The van der Waals surface area contributed by atoms with Crippen molar-refractivity contribution in [2.45, 2.75) is 0 Å². The number of para-hydroxylation sites is 1. The number of aromatic nitrogens is 1. The number of rotatable bonds is 3. The zero-order valence-corrected chi connectivity index (χ0v) is 12.2. The lowest BCUT2D eigenvalue weighted by atomic mass is 10.2. The highest BCUT2D eigenvalue weighted by Crippen LogP contribution is 2.13. The lowest BCUT2D eigenvalue weighted by Crippen LogP contribution is -2.07. The van der Waals surface area contributed by atoms with Crippen molar-refractivity contribution < 1.29 is 4.79 Å². The highest BCUT2D eigenvalue weighted by molar-refractivity contribution is 6.02. The number of nitrogens with one attached hydrogen (secondary N) is 1. The minimum atomic E-state index is -0.268. The molecule has 1 N–H and O–H groups in total. The highest BCUT2D eigenvalue weighted by atomic mass is 16.1. The van der Waals surface area contributed by atoms with Gasteiger partial charge in [-0.2, -0.15) is 5.26 Å². The number of carbonyl (C=O) groups excluding carboxylic acids is 1. The molecule has 0 bridgehead atoms. The van der Waals surface area contributed by atoms with E-state index in [2.05, 4.69) is 10.3 Å². The third-order valence-electron chi connectivity index (χ3n) is 3.28. The number of benzene rings is 2. The monoisotopic (exact) mass is 299 g/mol. The van der Waals surface area contributed by atoms with Crippen LogP contribution in [0.25, 0.3) is 17.0 Å². The molecule has 1 amide bonds. The number of pyridine rings is 1. The third kappa shape index (κ3) is 3.60. The number of fused-ring (bicyclic) bond motifs is 1. The van der Waals surface area contributed by atoms with Gasteiger partial charge < -0.3 is 5.32 Å². The van der Waals surface area contributed by atoms with E-state index in [0.717, 1.165) is 10.9 Å². The first-order valence-electron chi connectivity index (χ1n) is 7.10. The molecule has 1 aromatic heterocycles. The largest absolute Gasteiger partial charge is 0.322 e. The maximum Gasteiger partial charge on any atom is 0.248 e. The average molecular weight is 299 g/mol. The molecule has 2 aromatic carbocycles. The first-order chi connectivity index (χ1) is 11.2. The minimum absolute atomic E-state index is 0.268. The van der Waals surface area contributed by atoms with Gasteiger partial charge in [-0.1, -0.05) is 30.3 Å². The molecule has 0 atom stereocenters. The third-order valence-corrected chi connectivity index (χ3v) is 3.28. The Morgan fingerprint density at radius 3 is 2.83 bits per heavy atom. The van der Waals surface area contributed by atoms with Crippen LogP contribution in [0.2, 0.25) is 0 Å². The molecule has 0 unspecified atom stereocenters. The van der Waals surface area contributed by atoms with Crippen LogP contribution in [0.15, 0.2) is 66.7 Å². The summed E-state index contributed by atoms with van der Waals surface area (Å²) in [6.45, 7) is 0. The van der Waals surface area contributed by atoms with Crippen molar-refractivity contribution in [3.05, 3.63) is 78.0 Å². The summed E-state index contributed by atoms with van der Waals surface area (Å²) in [5.74, 6) is -0.268. The van der Waals surface area contributed by atoms with E-state index in [1.165, 1.54) is 6.08 Å². The van der Waals surface area contributed by atoms with Crippen molar-refractivity contribution >= 4 is 28.6 Å². The van der Waals surface area contributed by atoms with Crippen LogP contribution in [0.4, 0.5) is 5.69 Å². The molecule has 0 aliphatic rings. The van der Waals surface area contributed by atoms with Crippen molar-refractivity contribution in [3.8, 4) is 6.07 Å². The van der Waals surface area contributed by atoms with Crippen LogP contribution in [-0.4, -0.2) is 10.9 Å². The zero-order chi connectivity index (χ0) is 16.1. The van der Waals surface area contributed by atoms with Gasteiger partial charge in [-0.15, -0.1) is 0 Å². The SMILES string of the molecule is N#Cc1cccc(NC(=O)C=Cc2ccc3ccccc3n2)c1. The molecule has 0 saturated carbocycles. The second kappa shape index (κ2) is 6.54. The molecule has 4 heteroatoms. The Morgan fingerprint density at radius 2 is 1.96 bits per heavy atom. The maximum absolute atomic E-state index is 11.9. The fourth-order valence-corrected chi connectivity index (χ4v) is 2.19. The molecule has 0 aliphatic carbocycles. The summed E-state index contributed by atoms with van der Waals surface area (Å²) < 4.78 is 0. The number of carbonyl (C=O) groups is 1. The number of nitrogens with zero attached hydrogens (tertiary/aromatic N) is 2. The predicted octanol–water partition coefficient (Wildman–Crippen LogP) is 3.76. The van der Waals surface area contributed by atoms with Crippen LogP contribution in [0.5, 0.6) is 0 Å². The van der Waals surface area contributed by atoms with Crippen molar-refractivity contribution in [2.24, 2.45) is 0 Å². The van der Waals surface area contributed by atoms with Gasteiger partial charge in [0, 0.05) is 17.1 Å². The van der Waals surface area contributed by atoms with Crippen LogP contribution in [0.1, 0.15) is 11.3 Å². The lowest BCUT2D eigenvalue weighted by Gasteiger charge is -2.02. The molecular formula is C19H13N3O. The summed E-state index contributed by atoms with van der Waals surface area (Å²) >= 11 is 0. The van der Waals surface area contributed by atoms with Crippen molar-refractivity contribution in [3.63, 3.8) is 0 Å². The van der Waals surface area contributed by atoms with E-state index >= 15 is 0 Å². The molecule has 0 aliphatic heterocycles. The molecule has 1 heterocycles. The van der Waals surface area contributed by atoms with Gasteiger partial charge in [0.15, 0.2) is 0 Å². The summed E-state index contributed by atoms with van der Waals surface area (Å²) in [7, 11) is 0. The Morgan fingerprint density at radius 1 is 1.09 bits per heavy atom. The summed E-state index contributed by atoms with van der Waals surface area (Å²) in [6.07, 6.45) is 3.09. The normalized spacial score (nSPS) is 10.6. The second-order valence-electron chi connectivity index (χ2n) is 4.94. The standard InChI is InChI=1S/C19H13N3O/c20-13-14-4-3-6-17(12-14)22-19(23)11-10-16-9-8-15-5-1-2-7-18(15)21-16/h1-12H,(H,22,23). The smallest absolute Gasteiger partial charge is 0.248 e. The molecule has 110 valence electrons. The van der Waals surface area contributed by atoms with Crippen molar-refractivity contribution in [2.75, 3.05) is 5.32 Å². The Labute approximate surface area is 133 Å². The van der Waals surface area contributed by atoms with Gasteiger partial charge in [-0.25, -0.2) is 4.98 Å². The molecule has 0 saturated heterocycles.